The van der Waals surface area contributed by atoms with E-state index in [1.807, 2.05) is 6.07 Å². The summed E-state index contributed by atoms with van der Waals surface area (Å²) in [6.45, 7) is 1.01. The van der Waals surface area contributed by atoms with Gasteiger partial charge >= 0.3 is 12.2 Å². The van der Waals surface area contributed by atoms with Gasteiger partial charge in [0.2, 0.25) is 0 Å². The van der Waals surface area contributed by atoms with Crippen molar-refractivity contribution in [1.29, 1.82) is 0 Å². The van der Waals surface area contributed by atoms with Gasteiger partial charge in [-0.2, -0.15) is 13.2 Å². The van der Waals surface area contributed by atoms with Gasteiger partial charge in [0.05, 0.1) is 12.1 Å². The second-order valence-electron chi connectivity index (χ2n) is 7.14. The smallest absolute Gasteiger partial charge is 0.349 e. The average Bonchev–Trinajstić information content (AvgIpc) is 2.77. The fourth-order valence-electron chi connectivity index (χ4n) is 3.24. The van der Waals surface area contributed by atoms with Gasteiger partial charge in [0.1, 0.15) is 0 Å². The van der Waals surface area contributed by atoms with E-state index in [1.54, 1.807) is 29.2 Å². The summed E-state index contributed by atoms with van der Waals surface area (Å²) in [5.74, 6) is 5.17. The van der Waals surface area contributed by atoms with E-state index in [1.165, 1.54) is 12.1 Å². The van der Waals surface area contributed by atoms with Crippen LogP contribution in [-0.4, -0.2) is 42.5 Å². The molecular formula is C23H22F3N3O2. The summed E-state index contributed by atoms with van der Waals surface area (Å²) in [6, 6.07) is 13.4. The molecule has 1 fully saturated rings. The lowest BCUT2D eigenvalue weighted by Gasteiger charge is -2.32. The summed E-state index contributed by atoms with van der Waals surface area (Å²) in [4.78, 5) is 26.1. The second-order valence-corrected chi connectivity index (χ2v) is 7.14. The van der Waals surface area contributed by atoms with Crippen molar-refractivity contribution < 1.29 is 22.8 Å². The van der Waals surface area contributed by atoms with Crippen molar-refractivity contribution in [2.75, 3.05) is 19.6 Å². The van der Waals surface area contributed by atoms with E-state index in [9.17, 15) is 22.8 Å². The van der Waals surface area contributed by atoms with Crippen LogP contribution in [0.3, 0.4) is 0 Å². The van der Waals surface area contributed by atoms with Gasteiger partial charge < -0.3 is 15.5 Å². The number of alkyl halides is 3. The number of urea groups is 1. The number of likely N-dealkylation sites (tertiary alicyclic amines) is 1. The lowest BCUT2D eigenvalue weighted by Crippen LogP contribution is -2.49. The van der Waals surface area contributed by atoms with Crippen molar-refractivity contribution in [3.05, 3.63) is 71.3 Å². The summed E-state index contributed by atoms with van der Waals surface area (Å²) < 4.78 is 38.2. The molecule has 0 radical (unpaired) electrons. The van der Waals surface area contributed by atoms with Crippen LogP contribution < -0.4 is 10.6 Å². The van der Waals surface area contributed by atoms with E-state index in [0.717, 1.165) is 12.1 Å². The van der Waals surface area contributed by atoms with Gasteiger partial charge in [-0.25, -0.2) is 4.79 Å². The van der Waals surface area contributed by atoms with Gasteiger partial charge in [-0.1, -0.05) is 36.1 Å². The first-order valence-corrected chi connectivity index (χ1v) is 9.88. The largest absolute Gasteiger partial charge is 0.416 e. The van der Waals surface area contributed by atoms with Crippen molar-refractivity contribution in [2.24, 2.45) is 0 Å². The Labute approximate surface area is 178 Å². The monoisotopic (exact) mass is 429 g/mol. The van der Waals surface area contributed by atoms with Gasteiger partial charge in [0.25, 0.3) is 5.91 Å². The van der Waals surface area contributed by atoms with Crippen molar-refractivity contribution in [3.8, 4) is 11.8 Å². The predicted octanol–water partition coefficient (Wildman–Crippen LogP) is 3.66. The second kappa shape index (κ2) is 10.0. The van der Waals surface area contributed by atoms with Gasteiger partial charge in [-0.05, 0) is 43.2 Å². The zero-order valence-corrected chi connectivity index (χ0v) is 16.7. The van der Waals surface area contributed by atoms with E-state index < -0.39 is 11.7 Å². The van der Waals surface area contributed by atoms with E-state index in [0.29, 0.717) is 31.5 Å². The fraction of sp³-hybridized carbons (Fsp3) is 0.304. The van der Waals surface area contributed by atoms with Crippen LogP contribution in [0, 0.1) is 11.8 Å². The Balaban J connectivity index is 1.42. The fourth-order valence-corrected chi connectivity index (χ4v) is 3.24. The van der Waals surface area contributed by atoms with Gasteiger partial charge in [-0.3, -0.25) is 4.79 Å². The van der Waals surface area contributed by atoms with E-state index in [4.69, 9.17) is 0 Å². The van der Waals surface area contributed by atoms with Gasteiger partial charge in [0, 0.05) is 30.3 Å². The molecule has 1 heterocycles. The van der Waals surface area contributed by atoms with Crippen LogP contribution in [0.2, 0.25) is 0 Å². The van der Waals surface area contributed by atoms with E-state index >= 15 is 0 Å². The molecule has 0 atom stereocenters. The highest BCUT2D eigenvalue weighted by Gasteiger charge is 2.30. The number of benzene rings is 2. The van der Waals surface area contributed by atoms with Crippen molar-refractivity contribution in [1.82, 2.24) is 15.5 Å². The third-order valence-electron chi connectivity index (χ3n) is 4.90. The number of halogens is 3. The molecule has 5 nitrogen and oxygen atoms in total. The van der Waals surface area contributed by atoms with Crippen LogP contribution in [0.4, 0.5) is 18.0 Å². The number of nitrogens with zero attached hydrogens (tertiary/aromatic N) is 1. The topological polar surface area (TPSA) is 61.4 Å². The maximum absolute atomic E-state index is 12.7. The maximum Gasteiger partial charge on any atom is 0.416 e. The molecule has 1 aliphatic rings. The SMILES string of the molecule is O=C(NC1CCN(C(=O)NCC#Cc2cccc(C(F)(F)F)c2)CC1)c1ccccc1. The summed E-state index contributed by atoms with van der Waals surface area (Å²) in [6.07, 6.45) is -3.14. The molecule has 31 heavy (non-hydrogen) atoms. The third-order valence-corrected chi connectivity index (χ3v) is 4.90. The van der Waals surface area contributed by atoms with Crippen LogP contribution in [0.15, 0.2) is 54.6 Å². The molecule has 0 unspecified atom stereocenters. The molecule has 2 aromatic carbocycles. The molecular weight excluding hydrogens is 407 g/mol. The zero-order chi connectivity index (χ0) is 22.3. The Morgan fingerprint density at radius 2 is 1.74 bits per heavy atom. The summed E-state index contributed by atoms with van der Waals surface area (Å²) in [5.41, 5.74) is 0.0756. The van der Waals surface area contributed by atoms with Gasteiger partial charge in [-0.15, -0.1) is 0 Å². The molecule has 1 saturated heterocycles. The highest BCUT2D eigenvalue weighted by atomic mass is 19.4. The molecule has 2 N–H and O–H groups in total. The first-order chi connectivity index (χ1) is 14.8. The minimum Gasteiger partial charge on any atom is -0.349 e. The molecule has 162 valence electrons. The Bertz CT molecular complexity index is 973. The third kappa shape index (κ3) is 6.51. The van der Waals surface area contributed by atoms with Gasteiger partial charge in [0.15, 0.2) is 0 Å². The van der Waals surface area contributed by atoms with E-state index in [2.05, 4.69) is 22.5 Å². The molecule has 0 spiro atoms. The Hall–Kier alpha value is -3.47. The number of hydrogen-bond donors (Lipinski definition) is 2. The summed E-state index contributed by atoms with van der Waals surface area (Å²) >= 11 is 0. The normalized spacial score (nSPS) is 14.4. The molecule has 1 aliphatic heterocycles. The molecule has 0 aromatic heterocycles. The minimum atomic E-state index is -4.42. The quantitative estimate of drug-likeness (QED) is 0.732. The first kappa shape index (κ1) is 22.2. The molecule has 0 saturated carbocycles. The Morgan fingerprint density at radius 3 is 2.42 bits per heavy atom. The van der Waals surface area contributed by atoms with Crippen molar-refractivity contribution in [2.45, 2.75) is 25.1 Å². The molecule has 2 aromatic rings. The zero-order valence-electron chi connectivity index (χ0n) is 16.7. The number of amides is 3. The van der Waals surface area contributed by atoms with Crippen molar-refractivity contribution in [3.63, 3.8) is 0 Å². The molecule has 3 amide bonds. The highest BCUT2D eigenvalue weighted by Crippen LogP contribution is 2.29. The van der Waals surface area contributed by atoms with Crippen LogP contribution in [0.25, 0.3) is 0 Å². The Kier molecular flexibility index (Phi) is 7.19. The average molecular weight is 429 g/mol. The Morgan fingerprint density at radius 1 is 1.03 bits per heavy atom. The van der Waals surface area contributed by atoms with Crippen LogP contribution >= 0.6 is 0 Å². The standard InChI is InChI=1S/C23H22F3N3O2/c24-23(25,26)19-10-4-6-17(16-19)7-5-13-27-22(31)29-14-11-20(12-15-29)28-21(30)18-8-2-1-3-9-18/h1-4,6,8-10,16,20H,11-15H2,(H,27,31)(H,28,30). The first-order valence-electron chi connectivity index (χ1n) is 9.88. The van der Waals surface area contributed by atoms with E-state index in [-0.39, 0.29) is 30.1 Å². The van der Waals surface area contributed by atoms with Crippen LogP contribution in [0.5, 0.6) is 0 Å². The summed E-state index contributed by atoms with van der Waals surface area (Å²) in [5, 5.41) is 5.63. The number of hydrogen-bond acceptors (Lipinski definition) is 2. The maximum atomic E-state index is 12.7. The molecule has 3 rings (SSSR count). The lowest BCUT2D eigenvalue weighted by atomic mass is 10.0. The predicted molar refractivity (Wildman–Crippen MR) is 110 cm³/mol. The molecule has 0 aliphatic carbocycles. The molecule has 8 heteroatoms. The molecule has 0 bridgehead atoms. The number of rotatable bonds is 3. The number of nitrogens with one attached hydrogen (secondary N) is 2. The number of carbonyl (C=O) groups is 2. The van der Waals surface area contributed by atoms with Crippen molar-refractivity contribution >= 4 is 11.9 Å². The van der Waals surface area contributed by atoms with Crippen LogP contribution in [-0.2, 0) is 6.18 Å². The number of carbonyl (C=O) groups excluding carboxylic acids is 2. The lowest BCUT2D eigenvalue weighted by molar-refractivity contribution is -0.137. The highest BCUT2D eigenvalue weighted by molar-refractivity contribution is 5.94. The minimum absolute atomic E-state index is 0.00235. The summed E-state index contributed by atoms with van der Waals surface area (Å²) in [7, 11) is 0. The van der Waals surface area contributed by atoms with Crippen LogP contribution in [0.1, 0.15) is 34.3 Å². The number of piperidine rings is 1.